The van der Waals surface area contributed by atoms with Gasteiger partial charge in [-0.15, -0.1) is 0 Å². The Bertz CT molecular complexity index is 3050. The lowest BCUT2D eigenvalue weighted by Crippen LogP contribution is -2.10. The molecule has 1 aromatic heterocycles. The van der Waals surface area contributed by atoms with Crippen molar-refractivity contribution in [2.75, 3.05) is 9.80 Å². The topological polar surface area (TPSA) is 19.6 Å². The molecule has 3 nitrogen and oxygen atoms in total. The highest BCUT2D eigenvalue weighted by Crippen LogP contribution is 2.51. The summed E-state index contributed by atoms with van der Waals surface area (Å²) in [6.45, 7) is 0. The molecule has 11 rings (SSSR count). The summed E-state index contributed by atoms with van der Waals surface area (Å²) in [5.74, 6) is 0. The van der Waals surface area contributed by atoms with Crippen LogP contribution in [0, 0.1) is 0 Å². The number of nitrogens with zero attached hydrogens (tertiary/aromatic N) is 2. The van der Waals surface area contributed by atoms with E-state index in [1.54, 1.807) is 0 Å². The predicted molar refractivity (Wildman–Crippen MR) is 249 cm³/mol. The molecule has 59 heavy (non-hydrogen) atoms. The molecule has 0 fully saturated rings. The first-order chi connectivity index (χ1) is 29.3. The molecule has 3 heteroatoms. The third-order valence-electron chi connectivity index (χ3n) is 11.4. The Morgan fingerprint density at radius 1 is 0.271 bits per heavy atom. The van der Waals surface area contributed by atoms with Crippen molar-refractivity contribution in [3.63, 3.8) is 0 Å². The first kappa shape index (κ1) is 34.4. The molecule has 0 aliphatic heterocycles. The number of anilines is 6. The summed E-state index contributed by atoms with van der Waals surface area (Å²) < 4.78 is 7.53. The van der Waals surface area contributed by atoms with Crippen molar-refractivity contribution in [1.29, 1.82) is 0 Å². The Morgan fingerprint density at radius 2 is 0.610 bits per heavy atom. The fourth-order valence-electron chi connectivity index (χ4n) is 8.68. The molecule has 0 spiro atoms. The van der Waals surface area contributed by atoms with E-state index in [2.05, 4.69) is 240 Å². The molecule has 0 atom stereocenters. The van der Waals surface area contributed by atoms with Crippen molar-refractivity contribution in [1.82, 2.24) is 0 Å². The summed E-state index contributed by atoms with van der Waals surface area (Å²) in [5.41, 5.74) is 12.4. The van der Waals surface area contributed by atoms with Crippen LogP contribution in [-0.2, 0) is 0 Å². The van der Waals surface area contributed by atoms with E-state index in [1.165, 1.54) is 11.1 Å². The SMILES string of the molecule is c1ccc(-c2cccc(N(c3ccccc3)c3cc4ccccc4c4c3oc3c(N(c5ccccc5)c5cccc(-c6ccccc6)c5)cc5ccccc5c34)c2)cc1. The van der Waals surface area contributed by atoms with Crippen LogP contribution in [0.1, 0.15) is 0 Å². The molecule has 0 aliphatic carbocycles. The summed E-state index contributed by atoms with van der Waals surface area (Å²) in [4.78, 5) is 4.70. The van der Waals surface area contributed by atoms with E-state index < -0.39 is 0 Å². The fourth-order valence-corrected chi connectivity index (χ4v) is 8.68. The van der Waals surface area contributed by atoms with E-state index in [0.717, 1.165) is 88.7 Å². The van der Waals surface area contributed by atoms with Gasteiger partial charge in [0.1, 0.15) is 0 Å². The minimum Gasteiger partial charge on any atom is -0.452 e. The maximum absolute atomic E-state index is 7.53. The molecule has 10 aromatic carbocycles. The van der Waals surface area contributed by atoms with Crippen molar-refractivity contribution in [2.45, 2.75) is 0 Å². The summed E-state index contributed by atoms with van der Waals surface area (Å²) in [6.07, 6.45) is 0. The van der Waals surface area contributed by atoms with Gasteiger partial charge < -0.3 is 14.2 Å². The molecule has 1 heterocycles. The van der Waals surface area contributed by atoms with Crippen LogP contribution < -0.4 is 9.80 Å². The van der Waals surface area contributed by atoms with Crippen LogP contribution in [0.3, 0.4) is 0 Å². The lowest BCUT2D eigenvalue weighted by atomic mass is 9.97. The Kier molecular flexibility index (Phi) is 8.49. The number of hydrogen-bond donors (Lipinski definition) is 0. The van der Waals surface area contributed by atoms with Crippen molar-refractivity contribution in [3.05, 3.63) is 231 Å². The highest BCUT2D eigenvalue weighted by Gasteiger charge is 2.27. The average molecular weight is 755 g/mol. The molecule has 0 N–H and O–H groups in total. The second kappa shape index (κ2) is 14.6. The maximum Gasteiger partial charge on any atom is 0.160 e. The van der Waals surface area contributed by atoms with Gasteiger partial charge in [-0.1, -0.05) is 170 Å². The Hall–Kier alpha value is -7.88. The highest BCUT2D eigenvalue weighted by atomic mass is 16.3. The molecule has 278 valence electrons. The first-order valence-corrected chi connectivity index (χ1v) is 20.1. The number of furan rings is 1. The minimum absolute atomic E-state index is 0.830. The van der Waals surface area contributed by atoms with Crippen LogP contribution in [0.2, 0.25) is 0 Å². The van der Waals surface area contributed by atoms with E-state index >= 15 is 0 Å². The number of para-hydroxylation sites is 2. The first-order valence-electron chi connectivity index (χ1n) is 20.1. The second-order valence-corrected chi connectivity index (χ2v) is 14.9. The van der Waals surface area contributed by atoms with Crippen molar-refractivity contribution in [3.8, 4) is 22.3 Å². The Balaban J connectivity index is 1.24. The number of benzene rings is 10. The van der Waals surface area contributed by atoms with Gasteiger partial charge in [0.25, 0.3) is 0 Å². The van der Waals surface area contributed by atoms with Gasteiger partial charge in [-0.2, -0.15) is 0 Å². The number of rotatable bonds is 8. The molecule has 0 bridgehead atoms. The van der Waals surface area contributed by atoms with Crippen LogP contribution in [0.25, 0.3) is 65.7 Å². The zero-order valence-electron chi connectivity index (χ0n) is 32.2. The highest BCUT2D eigenvalue weighted by molar-refractivity contribution is 6.31. The number of hydrogen-bond acceptors (Lipinski definition) is 3. The lowest BCUT2D eigenvalue weighted by Gasteiger charge is -2.27. The molecule has 11 aromatic rings. The van der Waals surface area contributed by atoms with Gasteiger partial charge in [0.15, 0.2) is 11.2 Å². The minimum atomic E-state index is 0.830. The summed E-state index contributed by atoms with van der Waals surface area (Å²) in [6, 6.07) is 82.1. The van der Waals surface area contributed by atoms with Gasteiger partial charge in [-0.25, -0.2) is 0 Å². The van der Waals surface area contributed by atoms with E-state index in [-0.39, 0.29) is 0 Å². The van der Waals surface area contributed by atoms with Crippen molar-refractivity contribution in [2.24, 2.45) is 0 Å². The van der Waals surface area contributed by atoms with Gasteiger partial charge in [0.05, 0.1) is 11.4 Å². The molecule has 0 aliphatic rings. The number of fused-ring (bicyclic) bond motifs is 7. The van der Waals surface area contributed by atoms with Crippen molar-refractivity contribution >= 4 is 77.6 Å². The monoisotopic (exact) mass is 754 g/mol. The van der Waals surface area contributed by atoms with E-state index in [1.807, 2.05) is 0 Å². The lowest BCUT2D eigenvalue weighted by molar-refractivity contribution is 0.670. The van der Waals surface area contributed by atoms with Crippen LogP contribution in [0.5, 0.6) is 0 Å². The third-order valence-corrected chi connectivity index (χ3v) is 11.4. The normalized spacial score (nSPS) is 11.4. The maximum atomic E-state index is 7.53. The Labute approximate surface area is 343 Å². The standard InChI is InChI=1S/C56H38N2O/c1-5-19-39(20-6-1)41-25-17-31-47(35-41)57(45-27-9-3-10-28-45)51-37-43-23-13-15-33-49(43)53-54-50-34-16-14-24-44(50)38-52(56(54)59-55(51)53)58(46-29-11-4-12-30-46)48-32-18-26-42(36-48)40-21-7-2-8-22-40/h1-38H. The molecule has 0 saturated heterocycles. The zero-order chi connectivity index (χ0) is 39.1. The molecule has 0 unspecified atom stereocenters. The zero-order valence-corrected chi connectivity index (χ0v) is 32.2. The van der Waals surface area contributed by atoms with Gasteiger partial charge in [0.2, 0.25) is 0 Å². The summed E-state index contributed by atoms with van der Waals surface area (Å²) in [5, 5.41) is 6.77. The van der Waals surface area contributed by atoms with E-state index in [4.69, 9.17) is 4.42 Å². The third kappa shape index (κ3) is 6.08. The quantitative estimate of drug-likeness (QED) is 0.154. The summed E-state index contributed by atoms with van der Waals surface area (Å²) in [7, 11) is 0. The van der Waals surface area contributed by atoms with Crippen LogP contribution >= 0.6 is 0 Å². The molecular weight excluding hydrogens is 717 g/mol. The van der Waals surface area contributed by atoms with Crippen molar-refractivity contribution < 1.29 is 4.42 Å². The molecular formula is C56H38N2O. The van der Waals surface area contributed by atoms with E-state index in [9.17, 15) is 0 Å². The molecule has 0 amide bonds. The second-order valence-electron chi connectivity index (χ2n) is 14.9. The Morgan fingerprint density at radius 3 is 1.03 bits per heavy atom. The van der Waals surface area contributed by atoms with Gasteiger partial charge in [-0.05, 0) is 104 Å². The van der Waals surface area contributed by atoms with Gasteiger partial charge in [-0.3, -0.25) is 0 Å². The van der Waals surface area contributed by atoms with Crippen LogP contribution in [-0.4, -0.2) is 0 Å². The summed E-state index contributed by atoms with van der Waals surface area (Å²) >= 11 is 0. The van der Waals surface area contributed by atoms with Crippen LogP contribution in [0.4, 0.5) is 34.1 Å². The van der Waals surface area contributed by atoms with Crippen LogP contribution in [0.15, 0.2) is 235 Å². The van der Waals surface area contributed by atoms with Gasteiger partial charge >= 0.3 is 0 Å². The van der Waals surface area contributed by atoms with E-state index in [0.29, 0.717) is 0 Å². The fraction of sp³-hybridized carbons (Fsp3) is 0. The largest absolute Gasteiger partial charge is 0.452 e. The smallest absolute Gasteiger partial charge is 0.160 e. The predicted octanol–water partition coefficient (Wildman–Crippen LogP) is 16.2. The average Bonchev–Trinajstić information content (AvgIpc) is 3.73. The van der Waals surface area contributed by atoms with Gasteiger partial charge in [0, 0.05) is 33.5 Å². The molecule has 0 saturated carbocycles. The molecule has 0 radical (unpaired) electrons.